The van der Waals surface area contributed by atoms with Crippen molar-refractivity contribution >= 4 is 28.4 Å². The molecule has 0 aliphatic heterocycles. The summed E-state index contributed by atoms with van der Waals surface area (Å²) >= 11 is 0. The molecule has 122 valence electrons. The third-order valence-corrected chi connectivity index (χ3v) is 3.35. The number of fused-ring (bicyclic) bond motifs is 1. The first kappa shape index (κ1) is 15.7. The van der Waals surface area contributed by atoms with E-state index in [-0.39, 0.29) is 11.4 Å². The molecule has 0 saturated carbocycles. The van der Waals surface area contributed by atoms with Crippen LogP contribution in [-0.2, 0) is 6.18 Å². The van der Waals surface area contributed by atoms with Crippen LogP contribution in [0.4, 0.5) is 24.7 Å². The van der Waals surface area contributed by atoms with E-state index in [0.29, 0.717) is 16.6 Å². The van der Waals surface area contributed by atoms with E-state index in [2.05, 4.69) is 15.3 Å². The Morgan fingerprint density at radius 3 is 2.38 bits per heavy atom. The van der Waals surface area contributed by atoms with Gasteiger partial charge < -0.3 is 15.2 Å². The molecule has 24 heavy (non-hydrogen) atoms. The van der Waals surface area contributed by atoms with Crippen LogP contribution in [-0.4, -0.2) is 15.9 Å². The summed E-state index contributed by atoms with van der Waals surface area (Å²) in [5.41, 5.74) is 0.0545. The smallest absolute Gasteiger partial charge is 0.416 e. The van der Waals surface area contributed by atoms with Gasteiger partial charge in [0.15, 0.2) is 0 Å². The van der Waals surface area contributed by atoms with Crippen LogP contribution in [0.25, 0.3) is 10.9 Å². The van der Waals surface area contributed by atoms with Crippen molar-refractivity contribution in [3.05, 3.63) is 59.9 Å². The molecule has 0 saturated heterocycles. The van der Waals surface area contributed by atoms with Crippen LogP contribution in [0.5, 0.6) is 0 Å². The van der Waals surface area contributed by atoms with Crippen molar-refractivity contribution < 1.29 is 23.1 Å². The zero-order valence-corrected chi connectivity index (χ0v) is 12.0. The molecule has 2 aromatic carbocycles. The van der Waals surface area contributed by atoms with Gasteiger partial charge in [-0.2, -0.15) is 13.2 Å². The lowest BCUT2D eigenvalue weighted by Gasteiger charge is -2.11. The Hall–Kier alpha value is -3.16. The first-order chi connectivity index (χ1) is 11.3. The highest BCUT2D eigenvalue weighted by molar-refractivity contribution is 5.97. The number of carbonyl (C=O) groups excluding carboxylic acids is 1. The van der Waals surface area contributed by atoms with Crippen molar-refractivity contribution in [2.75, 3.05) is 5.32 Å². The minimum atomic E-state index is -4.41. The molecule has 3 rings (SSSR count). The van der Waals surface area contributed by atoms with Gasteiger partial charge in [-0.15, -0.1) is 0 Å². The summed E-state index contributed by atoms with van der Waals surface area (Å²) in [6.07, 6.45) is -3.14. The second kappa shape index (κ2) is 5.80. The molecule has 0 fully saturated rings. The lowest BCUT2D eigenvalue weighted by Crippen LogP contribution is -2.22. The van der Waals surface area contributed by atoms with Gasteiger partial charge in [0, 0.05) is 11.1 Å². The molecule has 8 heteroatoms. The van der Waals surface area contributed by atoms with E-state index in [9.17, 15) is 23.1 Å². The van der Waals surface area contributed by atoms with E-state index in [0.717, 1.165) is 12.1 Å². The zero-order valence-electron chi connectivity index (χ0n) is 12.0. The van der Waals surface area contributed by atoms with Crippen molar-refractivity contribution in [3.8, 4) is 0 Å². The molecule has 0 unspecified atom stereocenters. The van der Waals surface area contributed by atoms with Crippen molar-refractivity contribution in [1.82, 2.24) is 9.97 Å². The largest absolute Gasteiger partial charge is 0.545 e. The average Bonchev–Trinajstić information content (AvgIpc) is 2.54. The molecule has 0 spiro atoms. The topological polar surface area (TPSA) is 77.9 Å². The molecule has 0 aliphatic carbocycles. The van der Waals surface area contributed by atoms with Crippen LogP contribution >= 0.6 is 0 Å². The Bertz CT molecular complexity index is 909. The van der Waals surface area contributed by atoms with Crippen molar-refractivity contribution in [2.24, 2.45) is 0 Å². The fourth-order valence-electron chi connectivity index (χ4n) is 2.16. The molecule has 1 N–H and O–H groups in total. The number of carboxylic acids is 1. The number of aromatic carboxylic acids is 1. The third-order valence-electron chi connectivity index (χ3n) is 3.35. The fraction of sp³-hybridized carbons (Fsp3) is 0.0625. The molecule has 5 nitrogen and oxygen atoms in total. The minimum absolute atomic E-state index is 0.0484. The van der Waals surface area contributed by atoms with Gasteiger partial charge in [0.2, 0.25) is 0 Å². The number of alkyl halides is 3. The average molecular weight is 332 g/mol. The third kappa shape index (κ3) is 3.12. The number of hydrogen-bond donors (Lipinski definition) is 1. The van der Waals surface area contributed by atoms with Crippen molar-refractivity contribution in [1.29, 1.82) is 0 Å². The molecule has 0 radical (unpaired) electrons. The number of carboxylic acid groups (broad SMARTS) is 1. The van der Waals surface area contributed by atoms with Crippen molar-refractivity contribution in [2.45, 2.75) is 6.18 Å². The van der Waals surface area contributed by atoms with Crippen LogP contribution < -0.4 is 10.4 Å². The first-order valence-electron chi connectivity index (χ1n) is 6.75. The fourth-order valence-corrected chi connectivity index (χ4v) is 2.16. The van der Waals surface area contributed by atoms with Crippen molar-refractivity contribution in [3.63, 3.8) is 0 Å². The van der Waals surface area contributed by atoms with Gasteiger partial charge in [-0.3, -0.25) is 0 Å². The first-order valence-corrected chi connectivity index (χ1v) is 6.75. The maximum absolute atomic E-state index is 12.6. The molecule has 0 bridgehead atoms. The standard InChI is InChI=1S/C16H10F3N3O2/c17-16(18,19)10-2-4-11(5-3-10)22-14-12-7-9(15(23)24)1-6-13(12)20-8-21-14/h1-8H,(H,23,24)(H,20,21,22)/p-1. The lowest BCUT2D eigenvalue weighted by molar-refractivity contribution is -0.255. The summed E-state index contributed by atoms with van der Waals surface area (Å²) < 4.78 is 37.7. The minimum Gasteiger partial charge on any atom is -0.545 e. The van der Waals surface area contributed by atoms with Crippen LogP contribution in [0.15, 0.2) is 48.8 Å². The second-order valence-electron chi connectivity index (χ2n) is 4.94. The number of carbonyl (C=O) groups is 1. The van der Waals surface area contributed by atoms with E-state index < -0.39 is 17.7 Å². The van der Waals surface area contributed by atoms with Gasteiger partial charge in [-0.1, -0.05) is 6.07 Å². The highest BCUT2D eigenvalue weighted by Gasteiger charge is 2.29. The SMILES string of the molecule is O=C([O-])c1ccc2ncnc(Nc3ccc(C(F)(F)F)cc3)c2c1. The van der Waals surface area contributed by atoms with E-state index in [1.54, 1.807) is 0 Å². The van der Waals surface area contributed by atoms with Gasteiger partial charge in [-0.05, 0) is 42.0 Å². The summed E-state index contributed by atoms with van der Waals surface area (Å²) in [6.45, 7) is 0. The highest BCUT2D eigenvalue weighted by Crippen LogP contribution is 2.31. The Morgan fingerprint density at radius 2 is 1.75 bits per heavy atom. The van der Waals surface area contributed by atoms with E-state index in [4.69, 9.17) is 0 Å². The monoisotopic (exact) mass is 332 g/mol. The molecule has 0 amide bonds. The lowest BCUT2D eigenvalue weighted by atomic mass is 10.1. The number of nitrogens with zero attached hydrogens (tertiary/aromatic N) is 2. The Kier molecular flexibility index (Phi) is 3.80. The summed E-state index contributed by atoms with van der Waals surface area (Å²) in [5.74, 6) is -1.07. The maximum Gasteiger partial charge on any atom is 0.416 e. The number of benzene rings is 2. The van der Waals surface area contributed by atoms with E-state index in [1.165, 1.54) is 36.7 Å². The summed E-state index contributed by atoms with van der Waals surface area (Å²) in [6, 6.07) is 8.61. The predicted octanol–water partition coefficient (Wildman–Crippen LogP) is 2.76. The molecule has 3 aromatic rings. The second-order valence-corrected chi connectivity index (χ2v) is 4.94. The van der Waals surface area contributed by atoms with Gasteiger partial charge >= 0.3 is 6.18 Å². The molecule has 1 aromatic heterocycles. The van der Waals surface area contributed by atoms with E-state index in [1.807, 2.05) is 0 Å². The molecule has 0 aliphatic rings. The number of halogens is 3. The molecular weight excluding hydrogens is 323 g/mol. The maximum atomic E-state index is 12.6. The highest BCUT2D eigenvalue weighted by atomic mass is 19.4. The number of rotatable bonds is 3. The Balaban J connectivity index is 1.97. The van der Waals surface area contributed by atoms with E-state index >= 15 is 0 Å². The van der Waals surface area contributed by atoms with Gasteiger partial charge in [0.1, 0.15) is 12.1 Å². The van der Waals surface area contributed by atoms with Crippen LogP contribution in [0, 0.1) is 0 Å². The number of hydrogen-bond acceptors (Lipinski definition) is 5. The number of anilines is 2. The van der Waals surface area contributed by atoms with Crippen LogP contribution in [0.2, 0.25) is 0 Å². The Labute approximate surface area is 133 Å². The predicted molar refractivity (Wildman–Crippen MR) is 78.6 cm³/mol. The Morgan fingerprint density at radius 1 is 1.04 bits per heavy atom. The quantitative estimate of drug-likeness (QED) is 0.798. The van der Waals surface area contributed by atoms with Gasteiger partial charge in [-0.25, -0.2) is 9.97 Å². The molecular formula is C16H9F3N3O2-. The summed E-state index contributed by atoms with van der Waals surface area (Å²) in [7, 11) is 0. The summed E-state index contributed by atoms with van der Waals surface area (Å²) in [5, 5.41) is 14.2. The molecule has 1 heterocycles. The zero-order chi connectivity index (χ0) is 17.3. The van der Waals surface area contributed by atoms with Gasteiger partial charge in [0.05, 0.1) is 17.0 Å². The summed E-state index contributed by atoms with van der Waals surface area (Å²) in [4.78, 5) is 19.0. The van der Waals surface area contributed by atoms with Gasteiger partial charge in [0.25, 0.3) is 0 Å². The number of aromatic nitrogens is 2. The normalized spacial score (nSPS) is 11.5. The van der Waals surface area contributed by atoms with Crippen LogP contribution in [0.3, 0.4) is 0 Å². The number of nitrogens with one attached hydrogen (secondary N) is 1. The molecule has 0 atom stereocenters. The van der Waals surface area contributed by atoms with Crippen LogP contribution in [0.1, 0.15) is 15.9 Å².